The molecule has 0 spiro atoms. The van der Waals surface area contributed by atoms with E-state index in [1.165, 1.54) is 0 Å². The Morgan fingerprint density at radius 2 is 2.17 bits per heavy atom. The van der Waals surface area contributed by atoms with E-state index < -0.39 is 14.8 Å². The number of nitrogens with two attached hydrogens (primary N) is 1. The molecule has 0 aromatic carbocycles. The molecule has 102 valence electrons. The highest BCUT2D eigenvalue weighted by atomic mass is 32.2. The van der Waals surface area contributed by atoms with Crippen LogP contribution in [0.15, 0.2) is 24.3 Å². The van der Waals surface area contributed by atoms with Crippen LogP contribution in [0.25, 0.3) is 0 Å². The number of hydrogen-bond acceptors (Lipinski definition) is 4. The Morgan fingerprint density at radius 1 is 1.44 bits per heavy atom. The van der Waals surface area contributed by atoms with Crippen LogP contribution in [0.5, 0.6) is 0 Å². The van der Waals surface area contributed by atoms with Crippen molar-refractivity contribution in [1.82, 2.24) is 10.0 Å². The van der Waals surface area contributed by atoms with E-state index >= 15 is 0 Å². The predicted octanol–water partition coefficient (Wildman–Crippen LogP) is -0.744. The van der Waals surface area contributed by atoms with E-state index in [1.807, 2.05) is 0 Å². The molecule has 1 amide bonds. The van der Waals surface area contributed by atoms with Gasteiger partial charge in [-0.15, -0.1) is 0 Å². The van der Waals surface area contributed by atoms with Gasteiger partial charge in [-0.3, -0.25) is 4.79 Å². The lowest BCUT2D eigenvalue weighted by atomic mass is 10.0. The lowest BCUT2D eigenvalue weighted by Crippen LogP contribution is -2.46. The fraction of sp³-hybridized carbons (Fsp3) is 0.545. The molecule has 1 aliphatic rings. The number of nitrogens with one attached hydrogen (secondary N) is 2. The molecule has 1 unspecified atom stereocenters. The molecule has 0 fully saturated rings. The summed E-state index contributed by atoms with van der Waals surface area (Å²) in [4.78, 5) is 11.3. The number of carbonyl (C=O) groups excluding carboxylic acids is 1. The van der Waals surface area contributed by atoms with E-state index in [0.29, 0.717) is 19.5 Å². The molecule has 0 aromatic heterocycles. The van der Waals surface area contributed by atoms with E-state index in [9.17, 15) is 13.2 Å². The van der Waals surface area contributed by atoms with Gasteiger partial charge in [0.25, 0.3) is 0 Å². The first-order chi connectivity index (χ1) is 8.41. The average molecular weight is 273 g/mol. The first kappa shape index (κ1) is 14.9. The predicted molar refractivity (Wildman–Crippen MR) is 70.3 cm³/mol. The zero-order chi connectivity index (χ0) is 13.6. The summed E-state index contributed by atoms with van der Waals surface area (Å²) in [6.45, 7) is 2.01. The van der Waals surface area contributed by atoms with Crippen molar-refractivity contribution in [3.05, 3.63) is 24.3 Å². The maximum atomic E-state index is 12.1. The second-order valence-corrected chi connectivity index (χ2v) is 6.50. The Kier molecular flexibility index (Phi) is 5.06. The minimum absolute atomic E-state index is 0.268. The third-order valence-corrected chi connectivity index (χ3v) is 4.78. The first-order valence-electron chi connectivity index (χ1n) is 5.72. The zero-order valence-electron chi connectivity index (χ0n) is 10.3. The molecular weight excluding hydrogens is 254 g/mol. The molecule has 6 nitrogen and oxygen atoms in total. The van der Waals surface area contributed by atoms with Crippen molar-refractivity contribution in [1.29, 1.82) is 0 Å². The molecule has 18 heavy (non-hydrogen) atoms. The van der Waals surface area contributed by atoms with Crippen molar-refractivity contribution >= 4 is 15.9 Å². The second-order valence-electron chi connectivity index (χ2n) is 4.27. The minimum atomic E-state index is -3.58. The molecule has 0 aromatic rings. The van der Waals surface area contributed by atoms with Gasteiger partial charge in [0.1, 0.15) is 4.75 Å². The summed E-state index contributed by atoms with van der Waals surface area (Å²) in [5, 5.41) is 2.50. The lowest BCUT2D eigenvalue weighted by molar-refractivity contribution is -0.119. The molecule has 1 atom stereocenters. The molecule has 1 aliphatic carbocycles. The van der Waals surface area contributed by atoms with Crippen LogP contribution >= 0.6 is 0 Å². The highest BCUT2D eigenvalue weighted by Gasteiger charge is 2.36. The number of hydrogen-bond donors (Lipinski definition) is 3. The first-order valence-corrected chi connectivity index (χ1v) is 7.20. The Hall–Kier alpha value is -1.18. The van der Waals surface area contributed by atoms with Gasteiger partial charge in [0.05, 0.1) is 6.54 Å². The zero-order valence-corrected chi connectivity index (χ0v) is 11.2. The van der Waals surface area contributed by atoms with Crippen molar-refractivity contribution in [2.75, 3.05) is 19.6 Å². The van der Waals surface area contributed by atoms with Gasteiger partial charge in [0.2, 0.25) is 15.9 Å². The van der Waals surface area contributed by atoms with Crippen LogP contribution in [0.1, 0.15) is 13.3 Å². The van der Waals surface area contributed by atoms with E-state index in [1.54, 1.807) is 31.2 Å². The third-order valence-electron chi connectivity index (χ3n) is 2.72. The van der Waals surface area contributed by atoms with Gasteiger partial charge in [0, 0.05) is 13.1 Å². The lowest BCUT2D eigenvalue weighted by Gasteiger charge is -2.26. The van der Waals surface area contributed by atoms with Crippen molar-refractivity contribution in [3.8, 4) is 0 Å². The monoisotopic (exact) mass is 273 g/mol. The number of rotatable bonds is 6. The molecule has 0 saturated carbocycles. The maximum absolute atomic E-state index is 12.1. The molecule has 1 rings (SSSR count). The van der Waals surface area contributed by atoms with Crippen molar-refractivity contribution in [2.45, 2.75) is 18.1 Å². The Balaban J connectivity index is 2.57. The fourth-order valence-electron chi connectivity index (χ4n) is 1.51. The number of allylic oxidation sites excluding steroid dienone is 3. The molecule has 0 bridgehead atoms. The van der Waals surface area contributed by atoms with Crippen LogP contribution in [0, 0.1) is 0 Å². The molecule has 4 N–H and O–H groups in total. The smallest absolute Gasteiger partial charge is 0.235 e. The van der Waals surface area contributed by atoms with E-state index in [4.69, 9.17) is 5.73 Å². The van der Waals surface area contributed by atoms with Crippen molar-refractivity contribution < 1.29 is 13.2 Å². The average Bonchev–Trinajstić information content (AvgIpc) is 2.34. The van der Waals surface area contributed by atoms with Crippen LogP contribution in [-0.4, -0.2) is 38.7 Å². The van der Waals surface area contributed by atoms with Crippen LogP contribution in [0.2, 0.25) is 0 Å². The van der Waals surface area contributed by atoms with Gasteiger partial charge in [-0.25, -0.2) is 13.1 Å². The summed E-state index contributed by atoms with van der Waals surface area (Å²) in [5.74, 6) is -0.386. The number of sulfonamides is 1. The standard InChI is InChI=1S/C11H19N3O3S/c1-11(5-3-2-4-6-11)18(16,17)14-9-10(15)13-8-7-12/h2-5,14H,6-9,12H2,1H3,(H,13,15). The van der Waals surface area contributed by atoms with Gasteiger partial charge in [-0.05, 0) is 13.3 Å². The fourth-order valence-corrected chi connectivity index (χ4v) is 2.73. The Bertz CT molecular complexity index is 456. The summed E-state index contributed by atoms with van der Waals surface area (Å²) in [5.41, 5.74) is 5.23. The maximum Gasteiger partial charge on any atom is 0.235 e. The largest absolute Gasteiger partial charge is 0.354 e. The normalized spacial score (nSPS) is 23.0. The summed E-state index contributed by atoms with van der Waals surface area (Å²) < 4.78 is 25.5. The number of amides is 1. The summed E-state index contributed by atoms with van der Waals surface area (Å²) in [6, 6.07) is 0. The highest BCUT2D eigenvalue weighted by molar-refractivity contribution is 7.91. The van der Waals surface area contributed by atoms with E-state index in [-0.39, 0.29) is 12.5 Å². The Morgan fingerprint density at radius 3 is 2.72 bits per heavy atom. The van der Waals surface area contributed by atoms with Gasteiger partial charge in [0.15, 0.2) is 0 Å². The molecule has 0 heterocycles. The van der Waals surface area contributed by atoms with Gasteiger partial charge in [-0.2, -0.15) is 0 Å². The third kappa shape index (κ3) is 3.66. The second kappa shape index (κ2) is 6.12. The highest BCUT2D eigenvalue weighted by Crippen LogP contribution is 2.25. The van der Waals surface area contributed by atoms with Crippen molar-refractivity contribution in [3.63, 3.8) is 0 Å². The molecular formula is C11H19N3O3S. The van der Waals surface area contributed by atoms with Crippen LogP contribution in [0.4, 0.5) is 0 Å². The van der Waals surface area contributed by atoms with Gasteiger partial charge < -0.3 is 11.1 Å². The quantitative estimate of drug-likeness (QED) is 0.593. The molecule has 0 radical (unpaired) electrons. The van der Waals surface area contributed by atoms with E-state index in [0.717, 1.165) is 0 Å². The van der Waals surface area contributed by atoms with Crippen LogP contribution < -0.4 is 15.8 Å². The molecule has 7 heteroatoms. The molecule has 0 saturated heterocycles. The topological polar surface area (TPSA) is 101 Å². The van der Waals surface area contributed by atoms with E-state index in [2.05, 4.69) is 10.0 Å². The summed E-state index contributed by atoms with van der Waals surface area (Å²) in [7, 11) is -3.58. The minimum Gasteiger partial charge on any atom is -0.354 e. The molecule has 0 aliphatic heterocycles. The Labute approximate surface area is 107 Å². The summed E-state index contributed by atoms with van der Waals surface area (Å²) >= 11 is 0. The number of carbonyl (C=O) groups is 1. The van der Waals surface area contributed by atoms with Crippen LogP contribution in [0.3, 0.4) is 0 Å². The van der Waals surface area contributed by atoms with Gasteiger partial charge >= 0.3 is 0 Å². The summed E-state index contributed by atoms with van der Waals surface area (Å²) in [6.07, 6.45) is 7.28. The van der Waals surface area contributed by atoms with Crippen LogP contribution in [-0.2, 0) is 14.8 Å². The van der Waals surface area contributed by atoms with Crippen molar-refractivity contribution in [2.24, 2.45) is 5.73 Å². The SMILES string of the molecule is CC1(S(=O)(=O)NCC(=O)NCCN)C=CC=CC1. The van der Waals surface area contributed by atoms with Gasteiger partial charge in [-0.1, -0.05) is 24.3 Å².